The SMILES string of the molecule is O=C(Nc1cccc(-c2ccc(CO)o2)c1)c1ccc(OCc2ccccc2)cc1. The zero-order chi connectivity index (χ0) is 20.8. The molecular formula is C25H21NO4. The number of benzene rings is 3. The van der Waals surface area contributed by atoms with E-state index in [1.807, 2.05) is 54.6 Å². The van der Waals surface area contributed by atoms with Crippen LogP contribution in [-0.4, -0.2) is 11.0 Å². The zero-order valence-electron chi connectivity index (χ0n) is 16.2. The largest absolute Gasteiger partial charge is 0.489 e. The van der Waals surface area contributed by atoms with Gasteiger partial charge in [0.25, 0.3) is 5.91 Å². The monoisotopic (exact) mass is 399 g/mol. The molecule has 5 heteroatoms. The number of rotatable bonds is 7. The normalized spacial score (nSPS) is 10.6. The van der Waals surface area contributed by atoms with E-state index in [0.717, 1.165) is 11.1 Å². The summed E-state index contributed by atoms with van der Waals surface area (Å²) >= 11 is 0. The Morgan fingerprint density at radius 1 is 0.900 bits per heavy atom. The summed E-state index contributed by atoms with van der Waals surface area (Å²) in [5, 5.41) is 12.0. The maximum absolute atomic E-state index is 12.6. The number of carbonyl (C=O) groups excluding carboxylic acids is 1. The van der Waals surface area contributed by atoms with Gasteiger partial charge in [0, 0.05) is 16.8 Å². The predicted octanol–water partition coefficient (Wildman–Crippen LogP) is 5.27. The van der Waals surface area contributed by atoms with Crippen molar-refractivity contribution in [3.8, 4) is 17.1 Å². The summed E-state index contributed by atoms with van der Waals surface area (Å²) in [6.45, 7) is 0.325. The van der Waals surface area contributed by atoms with Crippen LogP contribution >= 0.6 is 0 Å². The molecule has 30 heavy (non-hydrogen) atoms. The quantitative estimate of drug-likeness (QED) is 0.444. The van der Waals surface area contributed by atoms with Crippen molar-refractivity contribution in [1.29, 1.82) is 0 Å². The highest BCUT2D eigenvalue weighted by atomic mass is 16.5. The highest BCUT2D eigenvalue weighted by Gasteiger charge is 2.09. The van der Waals surface area contributed by atoms with E-state index >= 15 is 0 Å². The fraction of sp³-hybridized carbons (Fsp3) is 0.0800. The number of amides is 1. The van der Waals surface area contributed by atoms with Gasteiger partial charge in [-0.15, -0.1) is 0 Å². The number of anilines is 1. The third kappa shape index (κ3) is 4.77. The van der Waals surface area contributed by atoms with Crippen LogP contribution in [0.4, 0.5) is 5.69 Å². The second-order valence-corrected chi connectivity index (χ2v) is 6.76. The van der Waals surface area contributed by atoms with Crippen molar-refractivity contribution in [3.05, 3.63) is 108 Å². The number of hydrogen-bond donors (Lipinski definition) is 2. The summed E-state index contributed by atoms with van der Waals surface area (Å²) in [4.78, 5) is 12.6. The molecule has 0 saturated carbocycles. The Kier molecular flexibility index (Phi) is 5.92. The smallest absolute Gasteiger partial charge is 0.255 e. The summed E-state index contributed by atoms with van der Waals surface area (Å²) in [6.07, 6.45) is 0. The Labute approximate surface area is 174 Å². The van der Waals surface area contributed by atoms with E-state index in [1.54, 1.807) is 36.4 Å². The van der Waals surface area contributed by atoms with Crippen molar-refractivity contribution >= 4 is 11.6 Å². The minimum atomic E-state index is -0.211. The van der Waals surface area contributed by atoms with E-state index in [2.05, 4.69) is 5.32 Å². The van der Waals surface area contributed by atoms with Crippen LogP contribution in [-0.2, 0) is 13.2 Å². The number of carbonyl (C=O) groups is 1. The van der Waals surface area contributed by atoms with E-state index in [4.69, 9.17) is 14.3 Å². The molecule has 0 unspecified atom stereocenters. The van der Waals surface area contributed by atoms with Crippen LogP contribution in [0.5, 0.6) is 5.75 Å². The van der Waals surface area contributed by atoms with Gasteiger partial charge < -0.3 is 19.6 Å². The fourth-order valence-corrected chi connectivity index (χ4v) is 3.01. The molecule has 3 aromatic carbocycles. The maximum Gasteiger partial charge on any atom is 0.255 e. The average Bonchev–Trinajstić information content (AvgIpc) is 3.28. The van der Waals surface area contributed by atoms with E-state index in [-0.39, 0.29) is 12.5 Å². The van der Waals surface area contributed by atoms with Gasteiger partial charge >= 0.3 is 0 Å². The number of furan rings is 1. The molecule has 0 saturated heterocycles. The number of hydrogen-bond acceptors (Lipinski definition) is 4. The molecule has 0 aliphatic carbocycles. The van der Waals surface area contributed by atoms with E-state index in [9.17, 15) is 4.79 Å². The molecule has 1 amide bonds. The molecule has 5 nitrogen and oxygen atoms in total. The van der Waals surface area contributed by atoms with Crippen LogP contribution in [0.1, 0.15) is 21.7 Å². The van der Waals surface area contributed by atoms with Gasteiger partial charge in [0.15, 0.2) is 0 Å². The number of nitrogens with one attached hydrogen (secondary N) is 1. The summed E-state index contributed by atoms with van der Waals surface area (Å²) in [6, 6.07) is 27.8. The van der Waals surface area contributed by atoms with Crippen molar-refractivity contribution in [3.63, 3.8) is 0 Å². The van der Waals surface area contributed by atoms with Crippen LogP contribution in [0.2, 0.25) is 0 Å². The van der Waals surface area contributed by atoms with Crippen LogP contribution in [0.3, 0.4) is 0 Å². The van der Waals surface area contributed by atoms with Gasteiger partial charge in [-0.3, -0.25) is 4.79 Å². The van der Waals surface area contributed by atoms with Crippen LogP contribution in [0, 0.1) is 0 Å². The maximum atomic E-state index is 12.6. The molecule has 150 valence electrons. The molecule has 0 aliphatic rings. The topological polar surface area (TPSA) is 71.7 Å². The molecular weight excluding hydrogens is 378 g/mol. The second kappa shape index (κ2) is 9.11. The van der Waals surface area contributed by atoms with Crippen LogP contribution in [0.25, 0.3) is 11.3 Å². The fourth-order valence-electron chi connectivity index (χ4n) is 3.01. The van der Waals surface area contributed by atoms with Gasteiger partial charge in [-0.2, -0.15) is 0 Å². The summed E-state index contributed by atoms with van der Waals surface area (Å²) in [5.41, 5.74) is 3.09. The van der Waals surface area contributed by atoms with Gasteiger partial charge in [-0.1, -0.05) is 42.5 Å². The summed E-state index contributed by atoms with van der Waals surface area (Å²) in [7, 11) is 0. The molecule has 0 aliphatic heterocycles. The third-order valence-electron chi connectivity index (χ3n) is 4.59. The zero-order valence-corrected chi connectivity index (χ0v) is 16.2. The van der Waals surface area contributed by atoms with Crippen molar-refractivity contribution in [2.24, 2.45) is 0 Å². The van der Waals surface area contributed by atoms with E-state index in [1.165, 1.54) is 0 Å². The van der Waals surface area contributed by atoms with Crippen LogP contribution < -0.4 is 10.1 Å². The van der Waals surface area contributed by atoms with Crippen molar-refractivity contribution in [2.75, 3.05) is 5.32 Å². The van der Waals surface area contributed by atoms with Gasteiger partial charge in [-0.05, 0) is 54.1 Å². The highest BCUT2D eigenvalue weighted by Crippen LogP contribution is 2.25. The first-order valence-corrected chi connectivity index (χ1v) is 9.59. The van der Waals surface area contributed by atoms with Crippen molar-refractivity contribution in [1.82, 2.24) is 0 Å². The lowest BCUT2D eigenvalue weighted by Crippen LogP contribution is -2.11. The predicted molar refractivity (Wildman–Crippen MR) is 115 cm³/mol. The molecule has 1 aromatic heterocycles. The summed E-state index contributed by atoms with van der Waals surface area (Å²) < 4.78 is 11.3. The Balaban J connectivity index is 1.39. The standard InChI is InChI=1S/C25H21NO4/c27-16-23-13-14-24(30-23)20-7-4-8-21(15-20)26-25(28)19-9-11-22(12-10-19)29-17-18-5-2-1-3-6-18/h1-15,27H,16-17H2,(H,26,28). The molecule has 0 fully saturated rings. The molecule has 0 bridgehead atoms. The van der Waals surface area contributed by atoms with Crippen molar-refractivity contribution < 1.29 is 19.1 Å². The first-order valence-electron chi connectivity index (χ1n) is 9.59. The first kappa shape index (κ1) is 19.5. The third-order valence-corrected chi connectivity index (χ3v) is 4.59. The van der Waals surface area contributed by atoms with Gasteiger partial charge in [-0.25, -0.2) is 0 Å². The highest BCUT2D eigenvalue weighted by molar-refractivity contribution is 6.04. The molecule has 2 N–H and O–H groups in total. The number of ether oxygens (including phenoxy) is 1. The lowest BCUT2D eigenvalue weighted by atomic mass is 10.1. The number of aliphatic hydroxyl groups excluding tert-OH is 1. The molecule has 1 heterocycles. The molecule has 0 atom stereocenters. The van der Waals surface area contributed by atoms with Gasteiger partial charge in [0.05, 0.1) is 0 Å². The molecule has 4 rings (SSSR count). The minimum Gasteiger partial charge on any atom is -0.489 e. The first-order chi connectivity index (χ1) is 14.7. The second-order valence-electron chi connectivity index (χ2n) is 6.76. The molecule has 4 aromatic rings. The molecule has 0 radical (unpaired) electrons. The van der Waals surface area contributed by atoms with Gasteiger partial charge in [0.1, 0.15) is 30.5 Å². The Hall–Kier alpha value is -3.83. The number of aliphatic hydroxyl groups is 1. The van der Waals surface area contributed by atoms with E-state index < -0.39 is 0 Å². The summed E-state index contributed by atoms with van der Waals surface area (Å²) in [5.74, 6) is 1.62. The minimum absolute atomic E-state index is 0.151. The van der Waals surface area contributed by atoms with E-state index in [0.29, 0.717) is 35.1 Å². The molecule has 0 spiro atoms. The van der Waals surface area contributed by atoms with Gasteiger partial charge in [0.2, 0.25) is 0 Å². The Bertz CT molecular complexity index is 1120. The van der Waals surface area contributed by atoms with Crippen molar-refractivity contribution in [2.45, 2.75) is 13.2 Å². The lowest BCUT2D eigenvalue weighted by molar-refractivity contribution is 0.102. The Morgan fingerprint density at radius 2 is 1.70 bits per heavy atom. The average molecular weight is 399 g/mol. The van der Waals surface area contributed by atoms with Crippen LogP contribution in [0.15, 0.2) is 95.4 Å². The lowest BCUT2D eigenvalue weighted by Gasteiger charge is -2.09. The Morgan fingerprint density at radius 3 is 2.43 bits per heavy atom.